The fourth-order valence-electron chi connectivity index (χ4n) is 1.92. The van der Waals surface area contributed by atoms with E-state index in [4.69, 9.17) is 19.9 Å². The second kappa shape index (κ2) is 2.62. The Morgan fingerprint density at radius 3 is 2.79 bits per heavy atom. The molecule has 0 radical (unpaired) electrons. The van der Waals surface area contributed by atoms with E-state index < -0.39 is 5.79 Å². The Kier molecular flexibility index (Phi) is 1.51. The van der Waals surface area contributed by atoms with Crippen molar-refractivity contribution < 1.29 is 14.2 Å². The standard InChI is InChI=1S/C10H11NO3/c11-7-1-2-9-8(5-7)10(6-12-9)13-3-4-14-10/h1-2,5H,3-4,6,11H2. The van der Waals surface area contributed by atoms with Crippen LogP contribution in [0.5, 0.6) is 5.75 Å². The number of ether oxygens (including phenoxy) is 3. The van der Waals surface area contributed by atoms with Crippen molar-refractivity contribution in [2.24, 2.45) is 0 Å². The maximum Gasteiger partial charge on any atom is 0.234 e. The lowest BCUT2D eigenvalue weighted by molar-refractivity contribution is -0.170. The van der Waals surface area contributed by atoms with Crippen molar-refractivity contribution in [1.29, 1.82) is 0 Å². The molecular formula is C10H11NO3. The zero-order chi connectivity index (χ0) is 9.60. The maximum atomic E-state index is 5.72. The number of anilines is 1. The van der Waals surface area contributed by atoms with Crippen molar-refractivity contribution in [2.45, 2.75) is 5.79 Å². The number of hydrogen-bond donors (Lipinski definition) is 1. The SMILES string of the molecule is Nc1ccc2c(c1)C1(CO2)OCCO1. The fraction of sp³-hybridized carbons (Fsp3) is 0.400. The van der Waals surface area contributed by atoms with Gasteiger partial charge in [-0.15, -0.1) is 0 Å². The van der Waals surface area contributed by atoms with Gasteiger partial charge in [-0.2, -0.15) is 0 Å². The van der Waals surface area contributed by atoms with Crippen molar-refractivity contribution in [1.82, 2.24) is 0 Å². The van der Waals surface area contributed by atoms with Crippen molar-refractivity contribution in [3.63, 3.8) is 0 Å². The lowest BCUT2D eigenvalue weighted by atomic mass is 10.1. The topological polar surface area (TPSA) is 53.7 Å². The first-order chi connectivity index (χ1) is 6.80. The third-order valence-electron chi connectivity index (χ3n) is 2.59. The summed E-state index contributed by atoms with van der Waals surface area (Å²) in [6.07, 6.45) is 0. The number of fused-ring (bicyclic) bond motifs is 2. The van der Waals surface area contributed by atoms with Gasteiger partial charge in [0.1, 0.15) is 12.4 Å². The first kappa shape index (κ1) is 8.08. The highest BCUT2D eigenvalue weighted by atomic mass is 16.8. The van der Waals surface area contributed by atoms with Gasteiger partial charge in [-0.3, -0.25) is 0 Å². The molecule has 0 atom stereocenters. The van der Waals surface area contributed by atoms with Gasteiger partial charge in [0.05, 0.1) is 18.8 Å². The van der Waals surface area contributed by atoms with Crippen LogP contribution in [0, 0.1) is 0 Å². The molecule has 2 aliphatic rings. The molecule has 1 aromatic rings. The average molecular weight is 193 g/mol. The van der Waals surface area contributed by atoms with Gasteiger partial charge < -0.3 is 19.9 Å². The predicted octanol–water partition coefficient (Wildman–Crippen LogP) is 0.861. The first-order valence-electron chi connectivity index (χ1n) is 4.61. The number of nitrogen functional groups attached to an aromatic ring is 1. The quantitative estimate of drug-likeness (QED) is 0.621. The summed E-state index contributed by atoms with van der Waals surface area (Å²) in [5.41, 5.74) is 7.33. The second-order valence-corrected chi connectivity index (χ2v) is 3.49. The largest absolute Gasteiger partial charge is 0.487 e. The summed E-state index contributed by atoms with van der Waals surface area (Å²) in [4.78, 5) is 0. The molecule has 1 spiro atoms. The van der Waals surface area contributed by atoms with Crippen LogP contribution in [0.25, 0.3) is 0 Å². The molecule has 2 N–H and O–H groups in total. The van der Waals surface area contributed by atoms with E-state index in [1.807, 2.05) is 18.2 Å². The third kappa shape index (κ3) is 0.951. The molecule has 3 rings (SSSR count). The van der Waals surface area contributed by atoms with E-state index in [-0.39, 0.29) is 0 Å². The summed E-state index contributed by atoms with van der Waals surface area (Å²) in [5.74, 6) is 0.117. The van der Waals surface area contributed by atoms with Gasteiger partial charge in [-0.05, 0) is 18.2 Å². The minimum atomic E-state index is -0.690. The molecule has 1 fully saturated rings. The number of hydrogen-bond acceptors (Lipinski definition) is 4. The molecule has 1 saturated heterocycles. The molecule has 74 valence electrons. The van der Waals surface area contributed by atoms with Crippen LogP contribution < -0.4 is 10.5 Å². The molecule has 0 unspecified atom stereocenters. The summed E-state index contributed by atoms with van der Waals surface area (Å²) in [5, 5.41) is 0. The van der Waals surface area contributed by atoms with Crippen molar-refractivity contribution in [3.05, 3.63) is 23.8 Å². The molecule has 4 heteroatoms. The molecular weight excluding hydrogens is 182 g/mol. The minimum Gasteiger partial charge on any atom is -0.487 e. The molecule has 2 heterocycles. The third-order valence-corrected chi connectivity index (χ3v) is 2.59. The van der Waals surface area contributed by atoms with E-state index in [9.17, 15) is 0 Å². The van der Waals surface area contributed by atoms with Gasteiger partial charge in [-0.25, -0.2) is 0 Å². The molecule has 0 bridgehead atoms. The van der Waals surface area contributed by atoms with Crippen LogP contribution in [0.3, 0.4) is 0 Å². The summed E-state index contributed by atoms with van der Waals surface area (Å²) < 4.78 is 16.6. The molecule has 1 aromatic carbocycles. The normalized spacial score (nSPS) is 22.3. The highest BCUT2D eigenvalue weighted by Gasteiger charge is 2.46. The van der Waals surface area contributed by atoms with Gasteiger partial charge in [0, 0.05) is 5.69 Å². The highest BCUT2D eigenvalue weighted by Crippen LogP contribution is 2.43. The Morgan fingerprint density at radius 2 is 2.00 bits per heavy atom. The van der Waals surface area contributed by atoms with Crippen molar-refractivity contribution in [2.75, 3.05) is 25.6 Å². The smallest absolute Gasteiger partial charge is 0.234 e. The molecule has 0 aliphatic carbocycles. The summed E-state index contributed by atoms with van der Waals surface area (Å²) in [6.45, 7) is 1.64. The van der Waals surface area contributed by atoms with Crippen LogP contribution in [0.4, 0.5) is 5.69 Å². The molecule has 0 aromatic heterocycles. The van der Waals surface area contributed by atoms with Gasteiger partial charge in [0.15, 0.2) is 0 Å². The average Bonchev–Trinajstić information content (AvgIpc) is 2.77. The monoisotopic (exact) mass is 193 g/mol. The zero-order valence-corrected chi connectivity index (χ0v) is 7.66. The van der Waals surface area contributed by atoms with Gasteiger partial charge in [-0.1, -0.05) is 0 Å². The summed E-state index contributed by atoms with van der Waals surface area (Å²) >= 11 is 0. The van der Waals surface area contributed by atoms with E-state index >= 15 is 0 Å². The Balaban J connectivity index is 2.12. The van der Waals surface area contributed by atoms with Crippen LogP contribution in [0.1, 0.15) is 5.56 Å². The summed E-state index contributed by atoms with van der Waals surface area (Å²) in [7, 11) is 0. The van der Waals surface area contributed by atoms with Crippen LogP contribution in [0.2, 0.25) is 0 Å². The zero-order valence-electron chi connectivity index (χ0n) is 7.66. The number of rotatable bonds is 0. The number of nitrogens with two attached hydrogens (primary N) is 1. The lowest BCUT2D eigenvalue weighted by Gasteiger charge is -2.19. The van der Waals surface area contributed by atoms with Gasteiger partial charge in [0.2, 0.25) is 5.79 Å². The van der Waals surface area contributed by atoms with E-state index in [0.717, 1.165) is 11.3 Å². The predicted molar refractivity (Wildman–Crippen MR) is 49.9 cm³/mol. The van der Waals surface area contributed by atoms with E-state index in [2.05, 4.69) is 0 Å². The van der Waals surface area contributed by atoms with Crippen molar-refractivity contribution in [3.8, 4) is 5.75 Å². The molecule has 2 aliphatic heterocycles. The molecule has 0 amide bonds. The van der Waals surface area contributed by atoms with Crippen molar-refractivity contribution >= 4 is 5.69 Å². The maximum absolute atomic E-state index is 5.72. The second-order valence-electron chi connectivity index (χ2n) is 3.49. The molecule has 4 nitrogen and oxygen atoms in total. The van der Waals surface area contributed by atoms with Crippen LogP contribution in [0.15, 0.2) is 18.2 Å². The minimum absolute atomic E-state index is 0.422. The van der Waals surface area contributed by atoms with Crippen LogP contribution in [-0.2, 0) is 15.3 Å². The fourth-order valence-corrected chi connectivity index (χ4v) is 1.92. The van der Waals surface area contributed by atoms with E-state index in [1.54, 1.807) is 0 Å². The Labute approximate surface area is 81.6 Å². The van der Waals surface area contributed by atoms with Gasteiger partial charge in [0.25, 0.3) is 0 Å². The van der Waals surface area contributed by atoms with Gasteiger partial charge >= 0.3 is 0 Å². The Morgan fingerprint density at radius 1 is 1.21 bits per heavy atom. The first-order valence-corrected chi connectivity index (χ1v) is 4.61. The Hall–Kier alpha value is -1.26. The lowest BCUT2D eigenvalue weighted by Crippen LogP contribution is -2.28. The molecule has 14 heavy (non-hydrogen) atoms. The summed E-state index contributed by atoms with van der Waals surface area (Å²) in [6, 6.07) is 5.52. The Bertz CT molecular complexity index is 372. The van der Waals surface area contributed by atoms with E-state index in [0.29, 0.717) is 25.5 Å². The molecule has 0 saturated carbocycles. The van der Waals surface area contributed by atoms with Crippen LogP contribution >= 0.6 is 0 Å². The highest BCUT2D eigenvalue weighted by molar-refractivity contribution is 5.51. The number of benzene rings is 1. The van der Waals surface area contributed by atoms with Crippen LogP contribution in [-0.4, -0.2) is 19.8 Å². The van der Waals surface area contributed by atoms with E-state index in [1.165, 1.54) is 0 Å².